The predicted molar refractivity (Wildman–Crippen MR) is 95.1 cm³/mol. The maximum atomic E-state index is 12.7. The number of nitrogens with one attached hydrogen (secondary N) is 1. The number of likely N-dealkylation sites (tertiary alicyclic amines) is 1. The fraction of sp³-hybridized carbons (Fsp3) is 0.316. The van der Waals surface area contributed by atoms with Gasteiger partial charge >= 0.3 is 0 Å². The molecule has 3 heterocycles. The second kappa shape index (κ2) is 6.55. The van der Waals surface area contributed by atoms with Crippen molar-refractivity contribution < 1.29 is 4.79 Å². The summed E-state index contributed by atoms with van der Waals surface area (Å²) in [6.45, 7) is 1.55. The Kier molecular flexibility index (Phi) is 4.09. The standard InChI is InChI=1S/C19H21N5O/c1-23-13-10-20-18(23)15-7-11-24(12-8-15)19(25)16-4-2-14(3-5-16)17-6-9-21-22-17/h2-6,9-10,13,15H,7-8,11-12H2,1H3,(H,21,22). The van der Waals surface area contributed by atoms with Crippen LogP contribution in [0.25, 0.3) is 11.3 Å². The predicted octanol–water partition coefficient (Wildman–Crippen LogP) is 2.83. The summed E-state index contributed by atoms with van der Waals surface area (Å²) in [5, 5.41) is 6.89. The number of rotatable bonds is 3. The van der Waals surface area contributed by atoms with Gasteiger partial charge in [0.1, 0.15) is 5.82 Å². The number of hydrogen-bond donors (Lipinski definition) is 1. The van der Waals surface area contributed by atoms with Crippen molar-refractivity contribution in [3.63, 3.8) is 0 Å². The number of benzene rings is 1. The molecule has 1 aliphatic heterocycles. The summed E-state index contributed by atoms with van der Waals surface area (Å²) in [5.41, 5.74) is 2.72. The van der Waals surface area contributed by atoms with Gasteiger partial charge in [-0.3, -0.25) is 9.89 Å². The lowest BCUT2D eigenvalue weighted by Gasteiger charge is -2.31. The molecule has 0 aliphatic carbocycles. The third kappa shape index (κ3) is 3.07. The minimum atomic E-state index is 0.106. The molecule has 0 radical (unpaired) electrons. The van der Waals surface area contributed by atoms with Crippen molar-refractivity contribution in [3.05, 3.63) is 60.3 Å². The number of aromatic nitrogens is 4. The maximum Gasteiger partial charge on any atom is 0.253 e. The molecule has 4 rings (SSSR count). The number of imidazole rings is 1. The number of piperidine rings is 1. The lowest BCUT2D eigenvalue weighted by Crippen LogP contribution is -2.38. The quantitative estimate of drug-likeness (QED) is 0.800. The number of carbonyl (C=O) groups excluding carboxylic acids is 1. The van der Waals surface area contributed by atoms with Gasteiger partial charge in [0.05, 0.1) is 5.69 Å². The first-order valence-corrected chi connectivity index (χ1v) is 8.58. The number of hydrogen-bond acceptors (Lipinski definition) is 3. The largest absolute Gasteiger partial charge is 0.339 e. The van der Waals surface area contributed by atoms with Gasteiger partial charge < -0.3 is 9.47 Å². The van der Waals surface area contributed by atoms with E-state index in [-0.39, 0.29) is 5.91 Å². The molecular formula is C19H21N5O. The van der Waals surface area contributed by atoms with E-state index in [4.69, 9.17) is 0 Å². The zero-order valence-electron chi connectivity index (χ0n) is 14.2. The summed E-state index contributed by atoms with van der Waals surface area (Å²) in [6.07, 6.45) is 7.47. The summed E-state index contributed by atoms with van der Waals surface area (Å²) in [4.78, 5) is 19.1. The summed E-state index contributed by atoms with van der Waals surface area (Å²) in [5.74, 6) is 1.66. The Morgan fingerprint density at radius 2 is 1.88 bits per heavy atom. The van der Waals surface area contributed by atoms with Crippen LogP contribution in [0.15, 0.2) is 48.9 Å². The summed E-state index contributed by atoms with van der Waals surface area (Å²) >= 11 is 0. The average molecular weight is 335 g/mol. The summed E-state index contributed by atoms with van der Waals surface area (Å²) < 4.78 is 2.08. The van der Waals surface area contributed by atoms with Gasteiger partial charge in [-0.25, -0.2) is 4.98 Å². The van der Waals surface area contributed by atoms with Crippen molar-refractivity contribution >= 4 is 5.91 Å². The van der Waals surface area contributed by atoms with Crippen LogP contribution in [0.2, 0.25) is 0 Å². The molecule has 1 aliphatic rings. The van der Waals surface area contributed by atoms with E-state index in [1.165, 1.54) is 0 Å². The number of carbonyl (C=O) groups is 1. The molecule has 0 bridgehead atoms. The second-order valence-corrected chi connectivity index (χ2v) is 6.51. The molecule has 2 aromatic heterocycles. The lowest BCUT2D eigenvalue weighted by molar-refractivity contribution is 0.0710. The SMILES string of the molecule is Cn1ccnc1C1CCN(C(=O)c2ccc(-c3ccn[nH]3)cc2)CC1. The van der Waals surface area contributed by atoms with E-state index in [2.05, 4.69) is 19.7 Å². The van der Waals surface area contributed by atoms with E-state index in [1.807, 2.05) is 54.7 Å². The van der Waals surface area contributed by atoms with Crippen molar-refractivity contribution in [1.82, 2.24) is 24.6 Å². The minimum Gasteiger partial charge on any atom is -0.339 e. The Morgan fingerprint density at radius 1 is 1.12 bits per heavy atom. The van der Waals surface area contributed by atoms with Crippen LogP contribution < -0.4 is 0 Å². The first-order chi connectivity index (χ1) is 12.2. The molecule has 6 heteroatoms. The van der Waals surface area contributed by atoms with Gasteiger partial charge in [-0.05, 0) is 36.6 Å². The first-order valence-electron chi connectivity index (χ1n) is 8.58. The van der Waals surface area contributed by atoms with E-state index in [9.17, 15) is 4.79 Å². The lowest BCUT2D eigenvalue weighted by atomic mass is 9.95. The zero-order chi connectivity index (χ0) is 17.2. The second-order valence-electron chi connectivity index (χ2n) is 6.51. The monoisotopic (exact) mass is 335 g/mol. The van der Waals surface area contributed by atoms with E-state index in [0.29, 0.717) is 5.92 Å². The van der Waals surface area contributed by atoms with Crippen LogP contribution in [0.5, 0.6) is 0 Å². The number of amides is 1. The van der Waals surface area contributed by atoms with Gasteiger partial charge in [0.15, 0.2) is 0 Å². The van der Waals surface area contributed by atoms with Crippen molar-refractivity contribution in [3.8, 4) is 11.3 Å². The van der Waals surface area contributed by atoms with Gasteiger partial charge in [0, 0.05) is 50.2 Å². The molecule has 25 heavy (non-hydrogen) atoms. The van der Waals surface area contributed by atoms with Crippen molar-refractivity contribution in [2.75, 3.05) is 13.1 Å². The maximum absolute atomic E-state index is 12.7. The summed E-state index contributed by atoms with van der Waals surface area (Å²) in [7, 11) is 2.03. The Morgan fingerprint density at radius 3 is 2.48 bits per heavy atom. The van der Waals surface area contributed by atoms with E-state index in [1.54, 1.807) is 6.20 Å². The van der Waals surface area contributed by atoms with Crippen LogP contribution in [0.1, 0.15) is 34.9 Å². The molecule has 0 saturated carbocycles. The molecule has 0 spiro atoms. The molecule has 1 fully saturated rings. The highest BCUT2D eigenvalue weighted by atomic mass is 16.2. The van der Waals surface area contributed by atoms with E-state index < -0.39 is 0 Å². The molecule has 6 nitrogen and oxygen atoms in total. The number of aryl methyl sites for hydroxylation is 1. The van der Waals surface area contributed by atoms with Crippen LogP contribution in [0, 0.1) is 0 Å². The van der Waals surface area contributed by atoms with Crippen LogP contribution in [-0.2, 0) is 7.05 Å². The van der Waals surface area contributed by atoms with E-state index in [0.717, 1.165) is 48.6 Å². The van der Waals surface area contributed by atoms with Gasteiger partial charge in [0.2, 0.25) is 0 Å². The number of nitrogens with zero attached hydrogens (tertiary/aromatic N) is 4. The van der Waals surface area contributed by atoms with Crippen molar-refractivity contribution in [2.24, 2.45) is 7.05 Å². The molecule has 1 saturated heterocycles. The van der Waals surface area contributed by atoms with Crippen LogP contribution in [0.3, 0.4) is 0 Å². The Balaban J connectivity index is 1.41. The van der Waals surface area contributed by atoms with Crippen LogP contribution in [-0.4, -0.2) is 43.6 Å². The van der Waals surface area contributed by atoms with Gasteiger partial charge in [-0.2, -0.15) is 5.10 Å². The molecule has 128 valence electrons. The highest BCUT2D eigenvalue weighted by Gasteiger charge is 2.26. The molecule has 1 aromatic carbocycles. The fourth-order valence-electron chi connectivity index (χ4n) is 3.50. The smallest absolute Gasteiger partial charge is 0.253 e. The van der Waals surface area contributed by atoms with Crippen molar-refractivity contribution in [1.29, 1.82) is 0 Å². The molecular weight excluding hydrogens is 314 g/mol. The van der Waals surface area contributed by atoms with E-state index >= 15 is 0 Å². The summed E-state index contributed by atoms with van der Waals surface area (Å²) in [6, 6.07) is 9.62. The molecule has 1 amide bonds. The zero-order valence-corrected chi connectivity index (χ0v) is 14.2. The molecule has 0 unspecified atom stereocenters. The minimum absolute atomic E-state index is 0.106. The molecule has 3 aromatic rings. The highest BCUT2D eigenvalue weighted by Crippen LogP contribution is 2.27. The third-order valence-corrected chi connectivity index (χ3v) is 4.95. The Bertz CT molecular complexity index is 842. The molecule has 1 N–H and O–H groups in total. The Hall–Kier alpha value is -2.89. The van der Waals surface area contributed by atoms with Gasteiger partial charge in [-0.15, -0.1) is 0 Å². The first kappa shape index (κ1) is 15.6. The van der Waals surface area contributed by atoms with Crippen LogP contribution >= 0.6 is 0 Å². The van der Waals surface area contributed by atoms with Crippen molar-refractivity contribution in [2.45, 2.75) is 18.8 Å². The van der Waals surface area contributed by atoms with Crippen LogP contribution in [0.4, 0.5) is 0 Å². The molecule has 0 atom stereocenters. The fourth-order valence-corrected chi connectivity index (χ4v) is 3.50. The third-order valence-electron chi connectivity index (χ3n) is 4.95. The van der Waals surface area contributed by atoms with Gasteiger partial charge in [-0.1, -0.05) is 12.1 Å². The number of H-pyrrole nitrogens is 1. The Labute approximate surface area is 146 Å². The normalized spacial score (nSPS) is 15.5. The topological polar surface area (TPSA) is 66.8 Å². The van der Waals surface area contributed by atoms with Gasteiger partial charge in [0.25, 0.3) is 5.91 Å². The average Bonchev–Trinajstić information content (AvgIpc) is 3.33. The number of aromatic amines is 1. The highest BCUT2D eigenvalue weighted by molar-refractivity contribution is 5.94.